The number of carbonyl (C=O) groups is 1. The van der Waals surface area contributed by atoms with Crippen LogP contribution in [0.25, 0.3) is 0 Å². The van der Waals surface area contributed by atoms with E-state index in [2.05, 4.69) is 5.10 Å². The molecule has 1 saturated heterocycles. The zero-order valence-electron chi connectivity index (χ0n) is 10.8. The lowest BCUT2D eigenvalue weighted by Crippen LogP contribution is -2.24. The molecular weight excluding hydrogens is 244 g/mol. The number of carboxylic acid groups (broad SMARTS) is 1. The molecule has 1 aliphatic rings. The van der Waals surface area contributed by atoms with Crippen LogP contribution in [-0.4, -0.2) is 42.0 Å². The first kappa shape index (κ1) is 13.4. The predicted octanol–water partition coefficient (Wildman–Crippen LogP) is 1.97. The zero-order valence-corrected chi connectivity index (χ0v) is 10.8. The summed E-state index contributed by atoms with van der Waals surface area (Å²) in [5.74, 6) is -0.437. The number of nitrogens with zero attached hydrogens (tertiary/aromatic N) is 2. The van der Waals surface area contributed by atoms with Crippen molar-refractivity contribution in [1.29, 1.82) is 0 Å². The van der Waals surface area contributed by atoms with Crippen molar-refractivity contribution in [2.45, 2.75) is 19.3 Å². The van der Waals surface area contributed by atoms with Crippen molar-refractivity contribution in [2.75, 3.05) is 19.7 Å². The molecule has 0 aromatic heterocycles. The summed E-state index contributed by atoms with van der Waals surface area (Å²) in [5.41, 5.74) is 0.800. The first-order chi connectivity index (χ1) is 9.25. The van der Waals surface area contributed by atoms with Gasteiger partial charge in [-0.25, -0.2) is 4.79 Å². The molecular formula is C14H18N2O3. The van der Waals surface area contributed by atoms with E-state index >= 15 is 0 Å². The van der Waals surface area contributed by atoms with E-state index in [9.17, 15) is 4.79 Å². The molecule has 1 N–H and O–H groups in total. The Kier molecular flexibility index (Phi) is 4.78. The van der Waals surface area contributed by atoms with Crippen LogP contribution in [0.5, 0.6) is 5.75 Å². The summed E-state index contributed by atoms with van der Waals surface area (Å²) >= 11 is 0. The Balaban J connectivity index is 2.01. The number of piperidine rings is 1. The van der Waals surface area contributed by atoms with Gasteiger partial charge in [-0.2, -0.15) is 5.10 Å². The summed E-state index contributed by atoms with van der Waals surface area (Å²) in [6.45, 7) is 1.62. The molecule has 19 heavy (non-hydrogen) atoms. The zero-order chi connectivity index (χ0) is 13.5. The smallest absolute Gasteiger partial charge is 0.341 e. The molecule has 0 amide bonds. The van der Waals surface area contributed by atoms with E-state index in [1.165, 1.54) is 19.3 Å². The molecule has 0 atom stereocenters. The Bertz CT molecular complexity index is 454. The maximum absolute atomic E-state index is 10.5. The summed E-state index contributed by atoms with van der Waals surface area (Å²) in [4.78, 5) is 10.5. The van der Waals surface area contributed by atoms with E-state index in [0.717, 1.165) is 18.7 Å². The second-order valence-corrected chi connectivity index (χ2v) is 4.48. The molecule has 0 radical (unpaired) electrons. The van der Waals surface area contributed by atoms with Crippen LogP contribution >= 0.6 is 0 Å². The summed E-state index contributed by atoms with van der Waals surface area (Å²) < 4.78 is 5.23. The number of rotatable bonds is 5. The van der Waals surface area contributed by atoms with E-state index in [1.807, 2.05) is 23.2 Å². The van der Waals surface area contributed by atoms with Crippen LogP contribution in [0.4, 0.5) is 0 Å². The fraction of sp³-hybridized carbons (Fsp3) is 0.429. The Labute approximate surface area is 112 Å². The highest BCUT2D eigenvalue weighted by molar-refractivity contribution is 5.83. The molecule has 5 nitrogen and oxygen atoms in total. The highest BCUT2D eigenvalue weighted by atomic mass is 16.5. The lowest BCUT2D eigenvalue weighted by molar-refractivity contribution is -0.139. The monoisotopic (exact) mass is 262 g/mol. The van der Waals surface area contributed by atoms with Crippen LogP contribution < -0.4 is 4.74 Å². The molecule has 1 aromatic rings. The van der Waals surface area contributed by atoms with Gasteiger partial charge in [-0.1, -0.05) is 12.1 Å². The van der Waals surface area contributed by atoms with Crippen LogP contribution in [0, 0.1) is 0 Å². The van der Waals surface area contributed by atoms with Gasteiger partial charge in [-0.05, 0) is 31.4 Å². The molecule has 102 valence electrons. The third-order valence-electron chi connectivity index (χ3n) is 2.96. The van der Waals surface area contributed by atoms with Gasteiger partial charge in [0.2, 0.25) is 0 Å². The normalized spacial score (nSPS) is 15.7. The van der Waals surface area contributed by atoms with Crippen molar-refractivity contribution in [3.8, 4) is 5.75 Å². The number of aliphatic carboxylic acids is 1. The van der Waals surface area contributed by atoms with Crippen molar-refractivity contribution >= 4 is 12.2 Å². The molecule has 1 fully saturated rings. The topological polar surface area (TPSA) is 62.1 Å². The Morgan fingerprint density at radius 1 is 1.32 bits per heavy atom. The number of carboxylic acids is 1. The lowest BCUT2D eigenvalue weighted by Gasteiger charge is -2.23. The van der Waals surface area contributed by atoms with E-state index in [0.29, 0.717) is 5.75 Å². The molecule has 0 aliphatic carbocycles. The number of hydrogen-bond donors (Lipinski definition) is 1. The second kappa shape index (κ2) is 6.78. The minimum absolute atomic E-state index is 0.339. The van der Waals surface area contributed by atoms with Crippen LogP contribution in [-0.2, 0) is 4.79 Å². The third kappa shape index (κ3) is 4.28. The van der Waals surface area contributed by atoms with Gasteiger partial charge < -0.3 is 9.84 Å². The predicted molar refractivity (Wildman–Crippen MR) is 72.6 cm³/mol. The van der Waals surface area contributed by atoms with Gasteiger partial charge in [-0.3, -0.25) is 5.01 Å². The van der Waals surface area contributed by atoms with E-state index in [4.69, 9.17) is 9.84 Å². The molecule has 0 saturated carbocycles. The second-order valence-electron chi connectivity index (χ2n) is 4.48. The van der Waals surface area contributed by atoms with Crippen LogP contribution in [0.2, 0.25) is 0 Å². The van der Waals surface area contributed by atoms with E-state index < -0.39 is 5.97 Å². The number of benzene rings is 1. The van der Waals surface area contributed by atoms with Gasteiger partial charge in [0.05, 0.1) is 6.21 Å². The highest BCUT2D eigenvalue weighted by Gasteiger charge is 2.07. The van der Waals surface area contributed by atoms with Gasteiger partial charge in [0.25, 0.3) is 0 Å². The maximum atomic E-state index is 10.5. The van der Waals surface area contributed by atoms with Crippen molar-refractivity contribution < 1.29 is 14.6 Å². The first-order valence-corrected chi connectivity index (χ1v) is 6.48. The Morgan fingerprint density at radius 2 is 2.05 bits per heavy atom. The standard InChI is InChI=1S/C14H18N2O3/c17-14(18)11-19-13-7-3-2-6-12(13)10-15-16-8-4-1-5-9-16/h2-3,6-7,10H,1,4-5,8-9,11H2,(H,17,18)/b15-10+. The van der Waals surface area contributed by atoms with Gasteiger partial charge >= 0.3 is 5.97 Å². The molecule has 0 bridgehead atoms. The van der Waals surface area contributed by atoms with Gasteiger partial charge in [-0.15, -0.1) is 0 Å². The van der Waals surface area contributed by atoms with Gasteiger partial charge in [0.15, 0.2) is 6.61 Å². The minimum Gasteiger partial charge on any atom is -0.481 e. The summed E-state index contributed by atoms with van der Waals surface area (Å²) in [6.07, 6.45) is 5.36. The molecule has 1 aliphatic heterocycles. The van der Waals surface area contributed by atoms with Crippen LogP contribution in [0.1, 0.15) is 24.8 Å². The highest BCUT2D eigenvalue weighted by Crippen LogP contribution is 2.16. The largest absolute Gasteiger partial charge is 0.481 e. The van der Waals surface area contributed by atoms with Crippen molar-refractivity contribution in [3.05, 3.63) is 29.8 Å². The van der Waals surface area contributed by atoms with E-state index in [-0.39, 0.29) is 6.61 Å². The Morgan fingerprint density at radius 3 is 2.79 bits per heavy atom. The fourth-order valence-electron chi connectivity index (χ4n) is 1.99. The van der Waals surface area contributed by atoms with Crippen molar-refractivity contribution in [2.24, 2.45) is 5.10 Å². The molecule has 1 aromatic carbocycles. The SMILES string of the molecule is O=C(O)COc1ccccc1/C=N/N1CCCCC1. The molecule has 5 heteroatoms. The summed E-state index contributed by atoms with van der Waals surface area (Å²) in [6, 6.07) is 7.31. The number of para-hydroxylation sites is 1. The third-order valence-corrected chi connectivity index (χ3v) is 2.96. The van der Waals surface area contributed by atoms with Crippen LogP contribution in [0.15, 0.2) is 29.4 Å². The molecule has 1 heterocycles. The number of hydrazone groups is 1. The first-order valence-electron chi connectivity index (χ1n) is 6.48. The lowest BCUT2D eigenvalue weighted by atomic mass is 10.2. The average molecular weight is 262 g/mol. The Hall–Kier alpha value is -2.04. The van der Waals surface area contributed by atoms with Gasteiger partial charge in [0, 0.05) is 18.7 Å². The number of hydrogen-bond acceptors (Lipinski definition) is 4. The summed E-state index contributed by atoms with van der Waals surface area (Å²) in [7, 11) is 0. The minimum atomic E-state index is -0.984. The molecule has 0 unspecified atom stereocenters. The molecule has 0 spiro atoms. The maximum Gasteiger partial charge on any atom is 0.341 e. The number of ether oxygens (including phenoxy) is 1. The van der Waals surface area contributed by atoms with E-state index in [1.54, 1.807) is 12.3 Å². The van der Waals surface area contributed by atoms with Gasteiger partial charge in [0.1, 0.15) is 5.75 Å². The van der Waals surface area contributed by atoms with Crippen molar-refractivity contribution in [1.82, 2.24) is 5.01 Å². The quantitative estimate of drug-likeness (QED) is 0.824. The van der Waals surface area contributed by atoms with Crippen molar-refractivity contribution in [3.63, 3.8) is 0 Å². The average Bonchev–Trinajstić information content (AvgIpc) is 2.45. The summed E-state index contributed by atoms with van der Waals surface area (Å²) in [5, 5.41) is 15.1. The van der Waals surface area contributed by atoms with Crippen LogP contribution in [0.3, 0.4) is 0 Å². The fourth-order valence-corrected chi connectivity index (χ4v) is 1.99. The molecule has 2 rings (SSSR count).